The largest absolute Gasteiger partial charge is 0.464 e. The molecule has 7 heteroatoms. The molecule has 0 aliphatic carbocycles. The second-order valence-electron chi connectivity index (χ2n) is 3.16. The van der Waals surface area contributed by atoms with E-state index in [4.69, 9.17) is 0 Å². The molecule has 0 saturated carbocycles. The van der Waals surface area contributed by atoms with Crippen LogP contribution in [0.2, 0.25) is 0 Å². The van der Waals surface area contributed by atoms with E-state index in [1.807, 2.05) is 10.8 Å². The Morgan fingerprint density at radius 3 is 3.06 bits per heavy atom. The lowest BCUT2D eigenvalue weighted by atomic mass is 10.5. The first-order chi connectivity index (χ1) is 7.79. The van der Waals surface area contributed by atoms with E-state index in [2.05, 4.69) is 20.0 Å². The third-order valence-corrected chi connectivity index (χ3v) is 2.08. The van der Waals surface area contributed by atoms with Crippen molar-refractivity contribution in [1.29, 1.82) is 0 Å². The van der Waals surface area contributed by atoms with Gasteiger partial charge < -0.3 is 9.30 Å². The third kappa shape index (κ3) is 2.25. The molecule has 2 aromatic rings. The summed E-state index contributed by atoms with van der Waals surface area (Å²) in [6, 6.07) is 0. The summed E-state index contributed by atoms with van der Waals surface area (Å²) in [4.78, 5) is 15.0. The molecule has 0 saturated heterocycles. The van der Waals surface area contributed by atoms with Crippen LogP contribution in [0.3, 0.4) is 0 Å². The van der Waals surface area contributed by atoms with Gasteiger partial charge in [-0.3, -0.25) is 0 Å². The van der Waals surface area contributed by atoms with Crippen LogP contribution in [0.5, 0.6) is 0 Å². The molecule has 0 aromatic carbocycles. The molecule has 0 bridgehead atoms. The number of ether oxygens (including phenoxy) is 1. The van der Waals surface area contributed by atoms with Gasteiger partial charge in [0.05, 0.1) is 26.2 Å². The maximum atomic E-state index is 11.1. The lowest BCUT2D eigenvalue weighted by Crippen LogP contribution is -2.06. The van der Waals surface area contributed by atoms with Gasteiger partial charge in [0.15, 0.2) is 5.69 Å². The molecule has 16 heavy (non-hydrogen) atoms. The Kier molecular flexibility index (Phi) is 2.95. The predicted octanol–water partition coefficient (Wildman–Crippen LogP) is -0.0386. The molecular formula is C9H11N5O2. The number of aryl methyl sites for hydroxylation is 2. The van der Waals surface area contributed by atoms with Crippen LogP contribution in [0.15, 0.2) is 24.9 Å². The highest BCUT2D eigenvalue weighted by Gasteiger charge is 2.09. The van der Waals surface area contributed by atoms with Crippen LogP contribution >= 0.6 is 0 Å². The smallest absolute Gasteiger partial charge is 0.360 e. The summed E-state index contributed by atoms with van der Waals surface area (Å²) >= 11 is 0. The van der Waals surface area contributed by atoms with Crippen molar-refractivity contribution < 1.29 is 9.53 Å². The van der Waals surface area contributed by atoms with Crippen LogP contribution in [-0.4, -0.2) is 37.6 Å². The van der Waals surface area contributed by atoms with Crippen LogP contribution in [0, 0.1) is 0 Å². The second kappa shape index (κ2) is 4.56. The zero-order chi connectivity index (χ0) is 11.4. The number of hydrogen-bond donors (Lipinski definition) is 0. The first-order valence-electron chi connectivity index (χ1n) is 4.74. The van der Waals surface area contributed by atoms with E-state index in [9.17, 15) is 4.79 Å². The van der Waals surface area contributed by atoms with Crippen molar-refractivity contribution >= 4 is 5.97 Å². The van der Waals surface area contributed by atoms with Gasteiger partial charge in [0.1, 0.15) is 0 Å². The van der Waals surface area contributed by atoms with E-state index in [0.717, 1.165) is 6.54 Å². The maximum Gasteiger partial charge on any atom is 0.360 e. The van der Waals surface area contributed by atoms with Crippen LogP contribution in [-0.2, 0) is 17.8 Å². The Labute approximate surface area is 91.7 Å². The van der Waals surface area contributed by atoms with Crippen LogP contribution in [0.4, 0.5) is 0 Å². The molecule has 7 nitrogen and oxygen atoms in total. The molecule has 2 heterocycles. The molecular weight excluding hydrogens is 210 g/mol. The minimum absolute atomic E-state index is 0.216. The highest BCUT2D eigenvalue weighted by Crippen LogP contribution is 1.96. The van der Waals surface area contributed by atoms with E-state index in [-0.39, 0.29) is 5.69 Å². The zero-order valence-electron chi connectivity index (χ0n) is 8.78. The summed E-state index contributed by atoms with van der Waals surface area (Å²) in [6.07, 6.45) is 6.85. The van der Waals surface area contributed by atoms with Crippen molar-refractivity contribution in [2.45, 2.75) is 13.1 Å². The Balaban J connectivity index is 1.95. The minimum atomic E-state index is -0.478. The molecule has 0 fully saturated rings. The van der Waals surface area contributed by atoms with E-state index in [0.29, 0.717) is 6.54 Å². The second-order valence-corrected chi connectivity index (χ2v) is 3.16. The Morgan fingerprint density at radius 2 is 2.38 bits per heavy atom. The van der Waals surface area contributed by atoms with E-state index >= 15 is 0 Å². The molecule has 0 aliphatic heterocycles. The van der Waals surface area contributed by atoms with Crippen molar-refractivity contribution in [3.05, 3.63) is 30.6 Å². The highest BCUT2D eigenvalue weighted by atomic mass is 16.5. The number of esters is 1. The van der Waals surface area contributed by atoms with E-state index in [1.165, 1.54) is 7.11 Å². The Morgan fingerprint density at radius 1 is 1.50 bits per heavy atom. The number of aromatic nitrogens is 5. The predicted molar refractivity (Wildman–Crippen MR) is 53.6 cm³/mol. The van der Waals surface area contributed by atoms with E-state index in [1.54, 1.807) is 23.4 Å². The first kappa shape index (κ1) is 10.3. The number of carbonyl (C=O) groups excluding carboxylic acids is 1. The molecule has 2 aromatic heterocycles. The van der Waals surface area contributed by atoms with Crippen LogP contribution in [0.1, 0.15) is 10.5 Å². The molecule has 2 rings (SSSR count). The average molecular weight is 221 g/mol. The zero-order valence-corrected chi connectivity index (χ0v) is 8.78. The normalized spacial score (nSPS) is 10.3. The van der Waals surface area contributed by atoms with Gasteiger partial charge in [-0.15, -0.1) is 5.10 Å². The molecule has 0 radical (unpaired) electrons. The summed E-state index contributed by atoms with van der Waals surface area (Å²) in [7, 11) is 1.31. The lowest BCUT2D eigenvalue weighted by molar-refractivity contribution is 0.0594. The molecule has 84 valence electrons. The van der Waals surface area contributed by atoms with Gasteiger partial charge in [-0.25, -0.2) is 14.5 Å². The number of imidazole rings is 1. The van der Waals surface area contributed by atoms with Gasteiger partial charge in [-0.1, -0.05) is 5.21 Å². The summed E-state index contributed by atoms with van der Waals surface area (Å²) in [5.41, 5.74) is 0.216. The van der Waals surface area contributed by atoms with Gasteiger partial charge in [0.2, 0.25) is 0 Å². The van der Waals surface area contributed by atoms with Crippen molar-refractivity contribution in [2.75, 3.05) is 7.11 Å². The van der Waals surface area contributed by atoms with Crippen LogP contribution in [0.25, 0.3) is 0 Å². The average Bonchev–Trinajstić information content (AvgIpc) is 2.96. The minimum Gasteiger partial charge on any atom is -0.464 e. The first-order valence-corrected chi connectivity index (χ1v) is 4.74. The maximum absolute atomic E-state index is 11.1. The number of nitrogens with zero attached hydrogens (tertiary/aromatic N) is 5. The monoisotopic (exact) mass is 221 g/mol. The van der Waals surface area contributed by atoms with Gasteiger partial charge in [0, 0.05) is 18.9 Å². The standard InChI is InChI=1S/C9H11N5O2/c1-16-9(15)8-6-14(12-11-8)5-4-13-3-2-10-7-13/h2-3,6-7H,4-5H2,1H3. The topological polar surface area (TPSA) is 74.8 Å². The molecule has 0 atom stereocenters. The van der Waals surface area contributed by atoms with Crippen molar-refractivity contribution in [1.82, 2.24) is 24.5 Å². The number of hydrogen-bond acceptors (Lipinski definition) is 5. The third-order valence-electron chi connectivity index (χ3n) is 2.08. The summed E-state index contributed by atoms with van der Waals surface area (Å²) in [6.45, 7) is 1.35. The quantitative estimate of drug-likeness (QED) is 0.677. The lowest BCUT2D eigenvalue weighted by Gasteiger charge is -2.00. The van der Waals surface area contributed by atoms with Gasteiger partial charge in [-0.2, -0.15) is 0 Å². The Hall–Kier alpha value is -2.18. The molecule has 0 aliphatic rings. The fourth-order valence-electron chi connectivity index (χ4n) is 1.24. The summed E-state index contributed by atoms with van der Waals surface area (Å²) in [5, 5.41) is 7.52. The van der Waals surface area contributed by atoms with Crippen LogP contribution < -0.4 is 0 Å². The molecule has 0 spiro atoms. The fraction of sp³-hybridized carbons (Fsp3) is 0.333. The fourth-order valence-corrected chi connectivity index (χ4v) is 1.24. The Bertz CT molecular complexity index is 462. The molecule has 0 unspecified atom stereocenters. The molecule has 0 N–H and O–H groups in total. The summed E-state index contributed by atoms with van der Waals surface area (Å²) in [5.74, 6) is -0.478. The SMILES string of the molecule is COC(=O)c1cn(CCn2ccnc2)nn1. The van der Waals surface area contributed by atoms with E-state index < -0.39 is 5.97 Å². The highest BCUT2D eigenvalue weighted by molar-refractivity contribution is 5.86. The number of rotatable bonds is 4. The number of methoxy groups -OCH3 is 1. The van der Waals surface area contributed by atoms with Crippen molar-refractivity contribution in [3.8, 4) is 0 Å². The summed E-state index contributed by atoms with van der Waals surface area (Å²) < 4.78 is 8.04. The van der Waals surface area contributed by atoms with Crippen molar-refractivity contribution in [2.24, 2.45) is 0 Å². The molecule has 0 amide bonds. The van der Waals surface area contributed by atoms with Gasteiger partial charge in [-0.05, 0) is 0 Å². The van der Waals surface area contributed by atoms with Gasteiger partial charge in [0.25, 0.3) is 0 Å². The number of carbonyl (C=O) groups is 1. The van der Waals surface area contributed by atoms with Crippen molar-refractivity contribution in [3.63, 3.8) is 0 Å². The van der Waals surface area contributed by atoms with Gasteiger partial charge >= 0.3 is 5.97 Å².